The highest BCUT2D eigenvalue weighted by atomic mass is 127. The molecule has 5 nitrogen and oxygen atoms in total. The van der Waals surface area contributed by atoms with Crippen LogP contribution in [0.25, 0.3) is 0 Å². The van der Waals surface area contributed by atoms with Crippen LogP contribution in [0.2, 0.25) is 0 Å². The van der Waals surface area contributed by atoms with Crippen molar-refractivity contribution in [2.24, 2.45) is 18.0 Å². The topological polar surface area (TPSA) is 41.8 Å². The summed E-state index contributed by atoms with van der Waals surface area (Å²) in [5.41, 5.74) is 2.53. The Hall–Kier alpha value is -1.54. The van der Waals surface area contributed by atoms with Crippen LogP contribution in [0.3, 0.4) is 0 Å². The molecule has 1 aromatic heterocycles. The summed E-state index contributed by atoms with van der Waals surface area (Å²) in [6.07, 6.45) is 4.49. The molecule has 2 aromatic rings. The second kappa shape index (κ2) is 11.5. The number of nitrogens with zero attached hydrogens (tertiary/aromatic N) is 3. The van der Waals surface area contributed by atoms with Gasteiger partial charge >= 0.3 is 0 Å². The van der Waals surface area contributed by atoms with Gasteiger partial charge in [-0.25, -0.2) is 0 Å². The van der Waals surface area contributed by atoms with E-state index in [0.29, 0.717) is 5.92 Å². The lowest BCUT2D eigenvalue weighted by atomic mass is 9.89. The van der Waals surface area contributed by atoms with Gasteiger partial charge in [0.25, 0.3) is 0 Å². The van der Waals surface area contributed by atoms with E-state index in [9.17, 15) is 0 Å². The summed E-state index contributed by atoms with van der Waals surface area (Å²) in [7, 11) is 4.18. The minimum absolute atomic E-state index is 0. The van der Waals surface area contributed by atoms with E-state index in [2.05, 4.69) is 84.5 Å². The molecule has 0 amide bonds. The van der Waals surface area contributed by atoms with Crippen molar-refractivity contribution in [3.8, 4) is 0 Å². The Morgan fingerprint density at radius 3 is 2.71 bits per heavy atom. The van der Waals surface area contributed by atoms with Gasteiger partial charge < -0.3 is 19.5 Å². The molecule has 3 rings (SSSR count). The molecule has 1 saturated heterocycles. The highest BCUT2D eigenvalue weighted by Gasteiger charge is 2.27. The number of nitrogens with one attached hydrogen (secondary N) is 1. The molecular weight excluding hydrogens is 463 g/mol. The second-order valence-electron chi connectivity index (χ2n) is 7.27. The third-order valence-corrected chi connectivity index (χ3v) is 5.20. The van der Waals surface area contributed by atoms with Crippen molar-refractivity contribution >= 4 is 29.9 Å². The van der Waals surface area contributed by atoms with Crippen LogP contribution < -0.4 is 5.32 Å². The van der Waals surface area contributed by atoms with E-state index in [0.717, 1.165) is 45.0 Å². The van der Waals surface area contributed by atoms with Crippen LogP contribution in [0.15, 0.2) is 53.7 Å². The van der Waals surface area contributed by atoms with Crippen molar-refractivity contribution in [1.29, 1.82) is 0 Å². The Morgan fingerprint density at radius 1 is 1.25 bits per heavy atom. The number of halogens is 1. The molecule has 1 fully saturated rings. The lowest BCUT2D eigenvalue weighted by molar-refractivity contribution is -0.0250. The number of guanidine groups is 1. The number of rotatable bonds is 6. The van der Waals surface area contributed by atoms with Gasteiger partial charge in [-0.05, 0) is 37.5 Å². The molecule has 1 aliphatic rings. The number of aryl methyl sites for hydroxylation is 1. The average molecular weight is 496 g/mol. The predicted molar refractivity (Wildman–Crippen MR) is 126 cm³/mol. The molecule has 1 N–H and O–H groups in total. The highest BCUT2D eigenvalue weighted by Crippen LogP contribution is 2.33. The average Bonchev–Trinajstić information content (AvgIpc) is 3.10. The number of aromatic nitrogens is 1. The van der Waals surface area contributed by atoms with Gasteiger partial charge in [-0.15, -0.1) is 24.0 Å². The fraction of sp³-hybridized carbons (Fsp3) is 0.500. The summed E-state index contributed by atoms with van der Waals surface area (Å²) < 4.78 is 8.28. The Labute approximate surface area is 186 Å². The Balaban J connectivity index is 0.00000280. The Bertz CT molecular complexity index is 731. The molecule has 1 aromatic carbocycles. The van der Waals surface area contributed by atoms with E-state index in [-0.39, 0.29) is 30.1 Å². The summed E-state index contributed by atoms with van der Waals surface area (Å²) >= 11 is 0. The Kier molecular flexibility index (Phi) is 9.31. The molecule has 28 heavy (non-hydrogen) atoms. The number of hydrogen-bond donors (Lipinski definition) is 1. The van der Waals surface area contributed by atoms with Crippen LogP contribution in [-0.2, 0) is 18.3 Å². The summed E-state index contributed by atoms with van der Waals surface area (Å²) in [4.78, 5) is 7.16. The van der Waals surface area contributed by atoms with Crippen LogP contribution in [0, 0.1) is 5.92 Å². The lowest BCUT2D eigenvalue weighted by Crippen LogP contribution is -2.39. The zero-order chi connectivity index (χ0) is 19.1. The predicted octanol–water partition coefficient (Wildman–Crippen LogP) is 4.21. The monoisotopic (exact) mass is 496 g/mol. The van der Waals surface area contributed by atoms with Gasteiger partial charge in [0.1, 0.15) is 0 Å². The van der Waals surface area contributed by atoms with Gasteiger partial charge in [-0.1, -0.05) is 30.3 Å². The zero-order valence-corrected chi connectivity index (χ0v) is 19.5. The first-order valence-electron chi connectivity index (χ1n) is 9.95. The van der Waals surface area contributed by atoms with Crippen molar-refractivity contribution in [2.75, 3.05) is 26.7 Å². The minimum atomic E-state index is 0. The maximum Gasteiger partial charge on any atom is 0.194 e. The van der Waals surface area contributed by atoms with Gasteiger partial charge in [0.15, 0.2) is 5.96 Å². The molecule has 2 unspecified atom stereocenters. The molecule has 154 valence electrons. The molecular formula is C22H33IN4O. The van der Waals surface area contributed by atoms with Crippen LogP contribution in [0.1, 0.15) is 37.1 Å². The largest absolute Gasteiger partial charge is 0.373 e. The summed E-state index contributed by atoms with van der Waals surface area (Å²) in [6, 6.07) is 14.8. The molecule has 0 saturated carbocycles. The van der Waals surface area contributed by atoms with E-state index >= 15 is 0 Å². The van der Waals surface area contributed by atoms with E-state index in [4.69, 9.17) is 9.73 Å². The van der Waals surface area contributed by atoms with Gasteiger partial charge in [0.05, 0.1) is 12.6 Å². The first-order chi connectivity index (χ1) is 13.2. The fourth-order valence-corrected chi connectivity index (χ4v) is 3.69. The Morgan fingerprint density at radius 2 is 2.04 bits per heavy atom. The number of benzene rings is 1. The third-order valence-electron chi connectivity index (χ3n) is 5.20. The molecule has 2 atom stereocenters. The molecule has 0 bridgehead atoms. The highest BCUT2D eigenvalue weighted by molar-refractivity contribution is 14.0. The van der Waals surface area contributed by atoms with E-state index in [1.165, 1.54) is 11.3 Å². The summed E-state index contributed by atoms with van der Waals surface area (Å²) in [6.45, 7) is 5.42. The normalized spacial score (nSPS) is 19.8. The maximum absolute atomic E-state index is 6.12. The van der Waals surface area contributed by atoms with E-state index in [1.807, 2.05) is 0 Å². The standard InChI is InChI=1S/C22H32N4O.HI/c1-4-23-22(26(3)17-20-13-8-14-25(20)2)24-16-19-12-9-15-27-21(19)18-10-6-5-7-11-18;/h5-8,10-11,13-14,19,21H,4,9,12,15-17H2,1-3H3,(H,23,24);1H. The lowest BCUT2D eigenvalue weighted by Gasteiger charge is -2.32. The molecule has 0 radical (unpaired) electrons. The number of ether oxygens (including phenoxy) is 1. The van der Waals surface area contributed by atoms with Crippen LogP contribution in [0.5, 0.6) is 0 Å². The molecule has 6 heteroatoms. The molecule has 1 aliphatic heterocycles. The molecule has 0 aliphatic carbocycles. The van der Waals surface area contributed by atoms with Gasteiger partial charge in [0, 0.05) is 51.6 Å². The SMILES string of the molecule is CCNC(=NCC1CCCOC1c1ccccc1)N(C)Cc1cccn1C.I. The van der Waals surface area contributed by atoms with Crippen molar-refractivity contribution in [2.45, 2.75) is 32.4 Å². The van der Waals surface area contributed by atoms with Crippen molar-refractivity contribution in [1.82, 2.24) is 14.8 Å². The number of hydrogen-bond acceptors (Lipinski definition) is 2. The van der Waals surface area contributed by atoms with Gasteiger partial charge in [-0.3, -0.25) is 4.99 Å². The number of aliphatic imine (C=N–C) groups is 1. The molecule has 2 heterocycles. The maximum atomic E-state index is 6.12. The fourth-order valence-electron chi connectivity index (χ4n) is 3.69. The van der Waals surface area contributed by atoms with Crippen molar-refractivity contribution < 1.29 is 4.74 Å². The second-order valence-corrected chi connectivity index (χ2v) is 7.27. The van der Waals surface area contributed by atoms with Crippen molar-refractivity contribution in [3.05, 3.63) is 59.9 Å². The quantitative estimate of drug-likeness (QED) is 0.370. The minimum Gasteiger partial charge on any atom is -0.373 e. The van der Waals surface area contributed by atoms with E-state index in [1.54, 1.807) is 0 Å². The summed E-state index contributed by atoms with van der Waals surface area (Å²) in [5.74, 6) is 1.37. The smallest absolute Gasteiger partial charge is 0.194 e. The van der Waals surface area contributed by atoms with Gasteiger partial charge in [-0.2, -0.15) is 0 Å². The van der Waals surface area contributed by atoms with Crippen LogP contribution in [-0.4, -0.2) is 42.2 Å². The van der Waals surface area contributed by atoms with Crippen molar-refractivity contribution in [3.63, 3.8) is 0 Å². The first-order valence-corrected chi connectivity index (χ1v) is 9.95. The zero-order valence-electron chi connectivity index (χ0n) is 17.2. The third kappa shape index (κ3) is 5.98. The first kappa shape index (κ1) is 22.7. The van der Waals surface area contributed by atoms with Crippen LogP contribution >= 0.6 is 24.0 Å². The summed E-state index contributed by atoms with van der Waals surface area (Å²) in [5, 5.41) is 3.43. The van der Waals surface area contributed by atoms with Crippen LogP contribution in [0.4, 0.5) is 0 Å². The van der Waals surface area contributed by atoms with Gasteiger partial charge in [0.2, 0.25) is 0 Å². The van der Waals surface area contributed by atoms with E-state index < -0.39 is 0 Å². The molecule has 0 spiro atoms.